The number of amides is 1. The summed E-state index contributed by atoms with van der Waals surface area (Å²) in [5.74, 6) is 0.156. The summed E-state index contributed by atoms with van der Waals surface area (Å²) in [7, 11) is 2.04. The summed E-state index contributed by atoms with van der Waals surface area (Å²) in [6.07, 6.45) is 1.99. The van der Waals surface area contributed by atoms with Gasteiger partial charge in [-0.15, -0.1) is 0 Å². The van der Waals surface area contributed by atoms with Crippen molar-refractivity contribution in [3.8, 4) is 0 Å². The van der Waals surface area contributed by atoms with E-state index < -0.39 is 5.82 Å². The van der Waals surface area contributed by atoms with Gasteiger partial charge in [-0.1, -0.05) is 17.7 Å². The van der Waals surface area contributed by atoms with Gasteiger partial charge in [-0.2, -0.15) is 0 Å². The highest BCUT2D eigenvalue weighted by Gasteiger charge is 2.41. The quantitative estimate of drug-likeness (QED) is 0.613. The maximum Gasteiger partial charge on any atom is 0.238 e. The van der Waals surface area contributed by atoms with E-state index in [4.69, 9.17) is 11.6 Å². The lowest BCUT2D eigenvalue weighted by molar-refractivity contribution is -0.124. The van der Waals surface area contributed by atoms with Gasteiger partial charge < -0.3 is 10.6 Å². The van der Waals surface area contributed by atoms with Crippen molar-refractivity contribution >= 4 is 17.5 Å². The van der Waals surface area contributed by atoms with E-state index in [-0.39, 0.29) is 34.8 Å². The van der Waals surface area contributed by atoms with Crippen LogP contribution in [0.25, 0.3) is 0 Å². The second kappa shape index (κ2) is 8.01. The summed E-state index contributed by atoms with van der Waals surface area (Å²) in [6.45, 7) is 3.34. The van der Waals surface area contributed by atoms with E-state index in [0.717, 1.165) is 38.0 Å². The van der Waals surface area contributed by atoms with E-state index >= 15 is 0 Å². The number of rotatable bonds is 4. The Bertz CT molecular complexity index is 705. The fourth-order valence-electron chi connectivity index (χ4n) is 4.78. The lowest BCUT2D eigenvalue weighted by Crippen LogP contribution is -2.50. The van der Waals surface area contributed by atoms with Gasteiger partial charge in [0, 0.05) is 31.1 Å². The Morgan fingerprint density at radius 1 is 1.37 bits per heavy atom. The first-order chi connectivity index (χ1) is 13.0. The van der Waals surface area contributed by atoms with Crippen molar-refractivity contribution in [1.29, 1.82) is 0 Å². The van der Waals surface area contributed by atoms with Crippen LogP contribution in [-0.2, 0) is 4.79 Å². The van der Waals surface area contributed by atoms with Crippen LogP contribution in [0.15, 0.2) is 18.2 Å². The lowest BCUT2D eigenvalue weighted by Gasteiger charge is -2.29. The molecule has 3 fully saturated rings. The lowest BCUT2D eigenvalue weighted by atomic mass is 9.88. The second-order valence-electron chi connectivity index (χ2n) is 7.92. The van der Waals surface area contributed by atoms with Crippen molar-refractivity contribution in [3.05, 3.63) is 34.6 Å². The molecule has 1 amide bonds. The number of benzene rings is 1. The molecule has 8 heteroatoms. The van der Waals surface area contributed by atoms with Crippen LogP contribution >= 0.6 is 11.6 Å². The monoisotopic (exact) mass is 395 g/mol. The first-order valence-corrected chi connectivity index (χ1v) is 10.1. The van der Waals surface area contributed by atoms with Crippen LogP contribution in [0.2, 0.25) is 5.02 Å². The number of hydrogen-bond donors (Lipinski definition) is 4. The smallest absolute Gasteiger partial charge is 0.238 e. The number of carbonyl (C=O) groups is 1. The normalized spacial score (nSPS) is 33.8. The number of nitrogens with one attached hydrogen (secondary N) is 4. The minimum atomic E-state index is -0.394. The molecule has 0 saturated carbocycles. The molecule has 0 bridgehead atoms. The minimum absolute atomic E-state index is 0.0364. The zero-order valence-corrected chi connectivity index (χ0v) is 16.2. The van der Waals surface area contributed by atoms with Crippen molar-refractivity contribution in [2.75, 3.05) is 33.2 Å². The molecule has 4 N–H and O–H groups in total. The molecular formula is C19H27ClFN5O. The number of carbonyl (C=O) groups excluding carboxylic acids is 1. The average Bonchev–Trinajstić information content (AvgIpc) is 3.26. The third kappa shape index (κ3) is 3.84. The zero-order chi connectivity index (χ0) is 19.0. The zero-order valence-electron chi connectivity index (χ0n) is 15.5. The topological polar surface area (TPSA) is 68.4 Å². The molecule has 1 aromatic rings. The SMILES string of the molecule is CN1CCC(CNC(=O)C2NNC3CCNCC32)C1c1ccc(Cl)c(F)c1. The molecule has 5 atom stereocenters. The van der Waals surface area contributed by atoms with Crippen molar-refractivity contribution in [1.82, 2.24) is 26.4 Å². The predicted molar refractivity (Wildman–Crippen MR) is 103 cm³/mol. The Labute approximate surface area is 164 Å². The molecule has 3 heterocycles. The molecule has 5 unspecified atom stereocenters. The summed E-state index contributed by atoms with van der Waals surface area (Å²) in [4.78, 5) is 15.0. The highest BCUT2D eigenvalue weighted by molar-refractivity contribution is 6.30. The van der Waals surface area contributed by atoms with Crippen molar-refractivity contribution in [2.24, 2.45) is 11.8 Å². The van der Waals surface area contributed by atoms with Crippen LogP contribution in [0.3, 0.4) is 0 Å². The Morgan fingerprint density at radius 2 is 2.22 bits per heavy atom. The van der Waals surface area contributed by atoms with E-state index in [1.54, 1.807) is 6.07 Å². The predicted octanol–water partition coefficient (Wildman–Crippen LogP) is 1.04. The molecule has 0 aromatic heterocycles. The summed E-state index contributed by atoms with van der Waals surface area (Å²) in [6, 6.07) is 5.23. The Kier molecular flexibility index (Phi) is 5.66. The molecule has 148 valence electrons. The fourth-order valence-corrected chi connectivity index (χ4v) is 4.90. The standard InChI is InChI=1S/C19H27ClFN5O/c1-26-7-5-12(18(26)11-2-3-14(20)15(21)8-11)9-23-19(27)17-13-10-22-6-4-16(13)24-25-17/h2-3,8,12-13,16-18,22,24-25H,4-7,9-10H2,1H3,(H,23,27). The number of hydrogen-bond acceptors (Lipinski definition) is 5. The van der Waals surface area contributed by atoms with Gasteiger partial charge in [0.05, 0.1) is 5.02 Å². The second-order valence-corrected chi connectivity index (χ2v) is 8.33. The molecule has 0 aliphatic carbocycles. The molecule has 1 aromatic carbocycles. The van der Waals surface area contributed by atoms with Crippen LogP contribution < -0.4 is 21.5 Å². The van der Waals surface area contributed by atoms with Crippen LogP contribution in [0.4, 0.5) is 4.39 Å². The third-order valence-corrected chi connectivity index (χ3v) is 6.57. The molecule has 0 radical (unpaired) electrons. The number of fused-ring (bicyclic) bond motifs is 1. The molecule has 3 aliphatic rings. The van der Waals surface area contributed by atoms with Crippen LogP contribution in [0, 0.1) is 17.7 Å². The summed E-state index contributed by atoms with van der Waals surface area (Å²) < 4.78 is 13.9. The van der Waals surface area contributed by atoms with E-state index in [9.17, 15) is 9.18 Å². The number of nitrogens with zero attached hydrogens (tertiary/aromatic N) is 1. The summed E-state index contributed by atoms with van der Waals surface area (Å²) in [5, 5.41) is 6.64. The maximum absolute atomic E-state index is 13.9. The Hall–Kier alpha value is -1.25. The maximum atomic E-state index is 13.9. The number of halogens is 2. The first kappa shape index (κ1) is 19.1. The van der Waals surface area contributed by atoms with Gasteiger partial charge in [0.1, 0.15) is 11.9 Å². The average molecular weight is 396 g/mol. The Morgan fingerprint density at radius 3 is 3.04 bits per heavy atom. The van der Waals surface area contributed by atoms with Gasteiger partial charge in [-0.3, -0.25) is 15.1 Å². The summed E-state index contributed by atoms with van der Waals surface area (Å²) in [5.41, 5.74) is 7.33. The molecule has 0 spiro atoms. The van der Waals surface area contributed by atoms with E-state index in [1.807, 2.05) is 13.1 Å². The van der Waals surface area contributed by atoms with Gasteiger partial charge >= 0.3 is 0 Å². The fraction of sp³-hybridized carbons (Fsp3) is 0.632. The molecular weight excluding hydrogens is 369 g/mol. The molecule has 3 saturated heterocycles. The minimum Gasteiger partial charge on any atom is -0.354 e. The van der Waals surface area contributed by atoms with Crippen LogP contribution in [-0.4, -0.2) is 56.1 Å². The van der Waals surface area contributed by atoms with Crippen LogP contribution in [0.1, 0.15) is 24.4 Å². The highest BCUT2D eigenvalue weighted by atomic mass is 35.5. The van der Waals surface area contributed by atoms with Crippen molar-refractivity contribution < 1.29 is 9.18 Å². The highest BCUT2D eigenvalue weighted by Crippen LogP contribution is 2.36. The van der Waals surface area contributed by atoms with Crippen LogP contribution in [0.5, 0.6) is 0 Å². The van der Waals surface area contributed by atoms with Gasteiger partial charge in [0.2, 0.25) is 5.91 Å². The largest absolute Gasteiger partial charge is 0.354 e. The van der Waals surface area contributed by atoms with Gasteiger partial charge in [0.15, 0.2) is 0 Å². The van der Waals surface area contributed by atoms with Gasteiger partial charge in [-0.05, 0) is 56.6 Å². The van der Waals surface area contributed by atoms with E-state index in [1.165, 1.54) is 6.07 Å². The number of likely N-dealkylation sites (tertiary alicyclic amines) is 1. The van der Waals surface area contributed by atoms with Gasteiger partial charge in [0.25, 0.3) is 0 Å². The van der Waals surface area contributed by atoms with Crippen molar-refractivity contribution in [3.63, 3.8) is 0 Å². The van der Waals surface area contributed by atoms with Crippen molar-refractivity contribution in [2.45, 2.75) is 31.0 Å². The molecule has 27 heavy (non-hydrogen) atoms. The number of hydrazine groups is 1. The molecule has 3 aliphatic heterocycles. The molecule has 4 rings (SSSR count). The first-order valence-electron chi connectivity index (χ1n) is 9.69. The van der Waals surface area contributed by atoms with Gasteiger partial charge in [-0.25, -0.2) is 9.82 Å². The van der Waals surface area contributed by atoms with E-state index in [0.29, 0.717) is 12.6 Å². The summed E-state index contributed by atoms with van der Waals surface area (Å²) >= 11 is 5.83. The number of piperidine rings is 1. The Balaban J connectivity index is 1.39. The molecule has 6 nitrogen and oxygen atoms in total. The van der Waals surface area contributed by atoms with E-state index in [2.05, 4.69) is 26.4 Å². The third-order valence-electron chi connectivity index (χ3n) is 6.26.